The maximum atomic E-state index is 11.7. The summed E-state index contributed by atoms with van der Waals surface area (Å²) in [5.74, 6) is 0.538. The summed E-state index contributed by atoms with van der Waals surface area (Å²) in [6.07, 6.45) is 0. The van der Waals surface area contributed by atoms with E-state index in [4.69, 9.17) is 5.73 Å². The van der Waals surface area contributed by atoms with E-state index in [2.05, 4.69) is 21.7 Å². The number of carbonyl (C=O) groups excluding carboxylic acids is 1. The third kappa shape index (κ3) is 2.26. The van der Waals surface area contributed by atoms with Gasteiger partial charge in [-0.05, 0) is 43.5 Å². The molecule has 4 heteroatoms. The molecule has 0 bridgehead atoms. The van der Waals surface area contributed by atoms with Crippen molar-refractivity contribution in [2.75, 3.05) is 0 Å². The Bertz CT molecular complexity index is 863. The monoisotopic (exact) mass is 293 g/mol. The summed E-state index contributed by atoms with van der Waals surface area (Å²) >= 11 is 0. The summed E-state index contributed by atoms with van der Waals surface area (Å²) in [5, 5.41) is 0. The average molecular weight is 293 g/mol. The Labute approximate surface area is 129 Å². The molecular weight excluding hydrogens is 274 g/mol. The molecule has 1 heterocycles. The van der Waals surface area contributed by atoms with Gasteiger partial charge in [0.15, 0.2) is 0 Å². The van der Waals surface area contributed by atoms with Crippen LogP contribution in [-0.4, -0.2) is 15.5 Å². The van der Waals surface area contributed by atoms with E-state index < -0.39 is 5.91 Å². The highest BCUT2D eigenvalue weighted by Gasteiger charge is 2.16. The Morgan fingerprint density at radius 1 is 1.14 bits per heavy atom. The molecule has 3 rings (SSSR count). The molecule has 3 aromatic rings. The summed E-state index contributed by atoms with van der Waals surface area (Å²) < 4.78 is 2.13. The number of imidazole rings is 1. The number of fused-ring (bicyclic) bond motifs is 1. The highest BCUT2D eigenvalue weighted by molar-refractivity contribution is 5.99. The fraction of sp³-hybridized carbons (Fsp3) is 0.222. The number of primary amides is 1. The van der Waals surface area contributed by atoms with Crippen LogP contribution in [0.4, 0.5) is 0 Å². The molecule has 0 spiro atoms. The molecule has 4 nitrogen and oxygen atoms in total. The Morgan fingerprint density at radius 2 is 1.82 bits per heavy atom. The number of aromatic nitrogens is 2. The minimum Gasteiger partial charge on any atom is -0.366 e. The minimum atomic E-state index is -0.396. The predicted octanol–water partition coefficient (Wildman–Crippen LogP) is 3.11. The largest absolute Gasteiger partial charge is 0.366 e. The van der Waals surface area contributed by atoms with E-state index in [1.807, 2.05) is 45.0 Å². The maximum absolute atomic E-state index is 11.7. The zero-order valence-corrected chi connectivity index (χ0v) is 13.1. The van der Waals surface area contributed by atoms with E-state index in [9.17, 15) is 4.79 Å². The molecule has 0 saturated heterocycles. The van der Waals surface area contributed by atoms with Gasteiger partial charge in [-0.15, -0.1) is 0 Å². The van der Waals surface area contributed by atoms with Crippen LogP contribution >= 0.6 is 0 Å². The van der Waals surface area contributed by atoms with Gasteiger partial charge < -0.3 is 10.3 Å². The number of aryl methyl sites for hydroxylation is 2. The van der Waals surface area contributed by atoms with Crippen LogP contribution in [0.3, 0.4) is 0 Å². The highest BCUT2D eigenvalue weighted by Crippen LogP contribution is 2.26. The summed E-state index contributed by atoms with van der Waals surface area (Å²) in [5.41, 5.74) is 11.1. The topological polar surface area (TPSA) is 60.9 Å². The molecule has 112 valence electrons. The van der Waals surface area contributed by atoms with Crippen molar-refractivity contribution in [1.29, 1.82) is 0 Å². The van der Waals surface area contributed by atoms with Crippen LogP contribution in [0.15, 0.2) is 36.4 Å². The molecule has 1 amide bonds. The van der Waals surface area contributed by atoms with E-state index in [0.717, 1.165) is 34.5 Å². The van der Waals surface area contributed by atoms with Crippen LogP contribution in [0.1, 0.15) is 32.9 Å². The fourth-order valence-corrected chi connectivity index (χ4v) is 2.85. The number of rotatable bonds is 3. The quantitative estimate of drug-likeness (QED) is 0.806. The standard InChI is InChI=1S/C18H19N3O/c1-11-12(2)17-16(9-15(11)18(19)22)21(13(3)20-17)10-14-7-5-4-6-8-14/h4-9H,10H2,1-3H3,(H2,19,22). The zero-order chi connectivity index (χ0) is 15.9. The van der Waals surface area contributed by atoms with Crippen LogP contribution in [0.5, 0.6) is 0 Å². The van der Waals surface area contributed by atoms with Crippen molar-refractivity contribution in [3.8, 4) is 0 Å². The number of nitrogens with two attached hydrogens (primary N) is 1. The molecule has 2 aromatic carbocycles. The van der Waals surface area contributed by atoms with E-state index in [0.29, 0.717) is 5.56 Å². The van der Waals surface area contributed by atoms with Crippen LogP contribution < -0.4 is 5.73 Å². The number of nitrogens with zero attached hydrogens (tertiary/aromatic N) is 2. The first-order chi connectivity index (χ1) is 10.5. The molecule has 22 heavy (non-hydrogen) atoms. The van der Waals surface area contributed by atoms with Crippen LogP contribution in [0, 0.1) is 20.8 Å². The Kier molecular flexibility index (Phi) is 3.45. The lowest BCUT2D eigenvalue weighted by atomic mass is 10.0. The summed E-state index contributed by atoms with van der Waals surface area (Å²) in [4.78, 5) is 16.4. The minimum absolute atomic E-state index is 0.396. The van der Waals surface area contributed by atoms with Crippen LogP contribution in [-0.2, 0) is 6.54 Å². The number of benzene rings is 2. The number of carbonyl (C=O) groups is 1. The molecule has 0 fully saturated rings. The first kappa shape index (κ1) is 14.3. The van der Waals surface area contributed by atoms with Crippen molar-refractivity contribution in [2.24, 2.45) is 5.73 Å². The normalized spacial score (nSPS) is 11.0. The molecule has 0 atom stereocenters. The van der Waals surface area contributed by atoms with Gasteiger partial charge in [-0.25, -0.2) is 4.98 Å². The SMILES string of the molecule is Cc1c(C(N)=O)cc2c(nc(C)n2Cc2ccccc2)c1C. The highest BCUT2D eigenvalue weighted by atomic mass is 16.1. The Morgan fingerprint density at radius 3 is 2.45 bits per heavy atom. The third-order valence-electron chi connectivity index (χ3n) is 4.25. The molecular formula is C18H19N3O. The van der Waals surface area contributed by atoms with Gasteiger partial charge in [0.2, 0.25) is 5.91 Å². The van der Waals surface area contributed by atoms with Crippen LogP contribution in [0.2, 0.25) is 0 Å². The van der Waals surface area contributed by atoms with Gasteiger partial charge in [0.1, 0.15) is 5.82 Å². The molecule has 0 radical (unpaired) electrons. The lowest BCUT2D eigenvalue weighted by molar-refractivity contribution is 0.0999. The lowest BCUT2D eigenvalue weighted by Crippen LogP contribution is -2.14. The van der Waals surface area contributed by atoms with Crippen molar-refractivity contribution >= 4 is 16.9 Å². The van der Waals surface area contributed by atoms with Gasteiger partial charge in [0.25, 0.3) is 0 Å². The molecule has 0 unspecified atom stereocenters. The third-order valence-corrected chi connectivity index (χ3v) is 4.25. The van der Waals surface area contributed by atoms with Gasteiger partial charge in [0, 0.05) is 12.1 Å². The summed E-state index contributed by atoms with van der Waals surface area (Å²) in [6.45, 7) is 6.62. The van der Waals surface area contributed by atoms with Crippen molar-refractivity contribution in [3.05, 3.63) is 64.5 Å². The molecule has 0 saturated carbocycles. The van der Waals surface area contributed by atoms with E-state index >= 15 is 0 Å². The summed E-state index contributed by atoms with van der Waals surface area (Å²) in [7, 11) is 0. The first-order valence-corrected chi connectivity index (χ1v) is 7.30. The second kappa shape index (κ2) is 5.30. The van der Waals surface area contributed by atoms with E-state index in [-0.39, 0.29) is 0 Å². The number of amides is 1. The van der Waals surface area contributed by atoms with Crippen molar-refractivity contribution in [3.63, 3.8) is 0 Å². The van der Waals surface area contributed by atoms with Crippen molar-refractivity contribution in [1.82, 2.24) is 9.55 Å². The smallest absolute Gasteiger partial charge is 0.249 e. The second-order valence-electron chi connectivity index (χ2n) is 5.64. The molecule has 0 aliphatic rings. The van der Waals surface area contributed by atoms with Gasteiger partial charge in [-0.3, -0.25) is 4.79 Å². The van der Waals surface area contributed by atoms with Gasteiger partial charge in [0.05, 0.1) is 11.0 Å². The zero-order valence-electron chi connectivity index (χ0n) is 13.1. The average Bonchev–Trinajstić information content (AvgIpc) is 2.80. The molecule has 0 aliphatic carbocycles. The molecule has 0 aliphatic heterocycles. The van der Waals surface area contributed by atoms with Crippen LogP contribution in [0.25, 0.3) is 11.0 Å². The van der Waals surface area contributed by atoms with Gasteiger partial charge in [-0.1, -0.05) is 30.3 Å². The summed E-state index contributed by atoms with van der Waals surface area (Å²) in [6, 6.07) is 12.1. The van der Waals surface area contributed by atoms with E-state index in [1.165, 1.54) is 5.56 Å². The molecule has 2 N–H and O–H groups in total. The Hall–Kier alpha value is -2.62. The molecule has 1 aromatic heterocycles. The number of hydrogen-bond acceptors (Lipinski definition) is 2. The predicted molar refractivity (Wildman–Crippen MR) is 88.0 cm³/mol. The second-order valence-corrected chi connectivity index (χ2v) is 5.64. The van der Waals surface area contributed by atoms with Gasteiger partial charge >= 0.3 is 0 Å². The fourth-order valence-electron chi connectivity index (χ4n) is 2.85. The Balaban J connectivity index is 2.22. The van der Waals surface area contributed by atoms with E-state index in [1.54, 1.807) is 0 Å². The first-order valence-electron chi connectivity index (χ1n) is 7.30. The number of hydrogen-bond donors (Lipinski definition) is 1. The maximum Gasteiger partial charge on any atom is 0.249 e. The van der Waals surface area contributed by atoms with Gasteiger partial charge in [-0.2, -0.15) is 0 Å². The van der Waals surface area contributed by atoms with Crippen molar-refractivity contribution in [2.45, 2.75) is 27.3 Å². The van der Waals surface area contributed by atoms with Crippen molar-refractivity contribution < 1.29 is 4.79 Å². The lowest BCUT2D eigenvalue weighted by Gasteiger charge is -2.10.